The molecule has 0 saturated carbocycles. The third kappa shape index (κ3) is 3.32. The Bertz CT molecular complexity index is 279. The zero-order chi connectivity index (χ0) is 11.1. The van der Waals surface area contributed by atoms with E-state index < -0.39 is 23.0 Å². The highest BCUT2D eigenvalue weighted by molar-refractivity contribution is 14.1. The molecule has 0 fully saturated rings. The van der Waals surface area contributed by atoms with E-state index in [-0.39, 0.29) is 0 Å². The van der Waals surface area contributed by atoms with Crippen LogP contribution in [0.5, 0.6) is 0 Å². The van der Waals surface area contributed by atoms with Crippen molar-refractivity contribution in [3.63, 3.8) is 0 Å². The lowest BCUT2D eigenvalue weighted by atomic mass is 9.90. The number of rotatable bonds is 2. The largest absolute Gasteiger partial charge is 0.389 e. The van der Waals surface area contributed by atoms with Crippen molar-refractivity contribution in [2.75, 3.05) is 6.26 Å². The maximum atomic E-state index is 11.3. The van der Waals surface area contributed by atoms with E-state index >= 15 is 0 Å². The Morgan fingerprint density at radius 2 is 1.69 bits per heavy atom. The molecule has 0 radical (unpaired) electrons. The summed E-state index contributed by atoms with van der Waals surface area (Å²) in [5.74, 6) is 0. The number of aliphatic hydroxyl groups is 1. The highest BCUT2D eigenvalue weighted by Crippen LogP contribution is 2.43. The maximum absolute atomic E-state index is 11.3. The molecule has 0 saturated heterocycles. The Balaban J connectivity index is 5.09. The lowest BCUT2D eigenvalue weighted by Crippen LogP contribution is -2.45. The lowest BCUT2D eigenvalue weighted by Gasteiger charge is -2.34. The summed E-state index contributed by atoms with van der Waals surface area (Å²) in [5.41, 5.74) is -0.478. The van der Waals surface area contributed by atoms with Crippen molar-refractivity contribution in [2.45, 2.75) is 28.5 Å². The average molecular weight is 385 g/mol. The fourth-order valence-electron chi connectivity index (χ4n) is 0.707. The van der Waals surface area contributed by atoms with Crippen LogP contribution in [0.25, 0.3) is 0 Å². The molecule has 0 aromatic heterocycles. The van der Waals surface area contributed by atoms with E-state index in [2.05, 4.69) is 15.9 Å². The van der Waals surface area contributed by atoms with E-state index in [0.717, 1.165) is 6.26 Å². The van der Waals surface area contributed by atoms with Crippen molar-refractivity contribution in [1.82, 2.24) is 0 Å². The predicted octanol–water partition coefficient (Wildman–Crippen LogP) is 1.92. The first-order valence-corrected chi connectivity index (χ1v) is 7.42. The number of hydrogen-bond acceptors (Lipinski definition) is 3. The minimum atomic E-state index is -3.33. The Morgan fingerprint density at radius 3 is 1.77 bits per heavy atom. The van der Waals surface area contributed by atoms with Gasteiger partial charge in [0.05, 0.1) is 6.10 Å². The van der Waals surface area contributed by atoms with Crippen LogP contribution in [-0.4, -0.2) is 27.5 Å². The third-order valence-electron chi connectivity index (χ3n) is 1.63. The molecule has 0 spiro atoms. The van der Waals surface area contributed by atoms with Crippen LogP contribution in [0.1, 0.15) is 20.8 Å². The molecule has 0 unspecified atom stereocenters. The molecule has 13 heavy (non-hydrogen) atoms. The van der Waals surface area contributed by atoms with Crippen molar-refractivity contribution < 1.29 is 13.5 Å². The van der Waals surface area contributed by atoms with Gasteiger partial charge in [-0.25, -0.2) is 8.42 Å². The summed E-state index contributed by atoms with van der Waals surface area (Å²) in [7, 11) is -3.33. The summed E-state index contributed by atoms with van der Waals surface area (Å²) in [5, 5.41) is 9.82. The molecule has 0 amide bonds. The molecule has 0 aromatic carbocycles. The summed E-state index contributed by atoms with van der Waals surface area (Å²) in [6.45, 7) is 5.37. The number of aliphatic hydroxyl groups excluding tert-OH is 1. The molecule has 6 heteroatoms. The highest BCUT2D eigenvalue weighted by Gasteiger charge is 2.47. The van der Waals surface area contributed by atoms with Gasteiger partial charge in [-0.1, -0.05) is 36.7 Å². The lowest BCUT2D eigenvalue weighted by molar-refractivity contribution is 0.0741. The average Bonchev–Trinajstić information content (AvgIpc) is 1.81. The standard InChI is InChI=1S/C7H14BrIO3S/c1-6(2,3)5(10)7(8,9)13(4,11)12/h5,10H,1-4H3/t5-,7-/m1/s1. The van der Waals surface area contributed by atoms with Crippen LogP contribution in [0.3, 0.4) is 0 Å². The van der Waals surface area contributed by atoms with Crippen molar-refractivity contribution >= 4 is 48.4 Å². The van der Waals surface area contributed by atoms with Gasteiger partial charge in [-0.15, -0.1) is 0 Å². The van der Waals surface area contributed by atoms with Gasteiger partial charge in [-0.05, 0) is 28.0 Å². The first kappa shape index (κ1) is 14.1. The van der Waals surface area contributed by atoms with Gasteiger partial charge in [0.1, 0.15) is 0 Å². The molecule has 0 aliphatic heterocycles. The van der Waals surface area contributed by atoms with E-state index in [1.54, 1.807) is 43.4 Å². The molecule has 2 atom stereocenters. The zero-order valence-corrected chi connectivity index (χ0v) is 12.6. The second kappa shape index (κ2) is 3.94. The van der Waals surface area contributed by atoms with Gasteiger partial charge in [0.2, 0.25) is 1.66 Å². The Hall–Kier alpha value is 1.12. The van der Waals surface area contributed by atoms with Crippen molar-refractivity contribution in [1.29, 1.82) is 0 Å². The van der Waals surface area contributed by atoms with Crippen molar-refractivity contribution in [2.24, 2.45) is 5.41 Å². The molecule has 0 heterocycles. The monoisotopic (exact) mass is 384 g/mol. The molecule has 0 aliphatic rings. The molecule has 0 aliphatic carbocycles. The summed E-state index contributed by atoms with van der Waals surface area (Å²) < 4.78 is 21.3. The minimum absolute atomic E-state index is 0.478. The molecule has 0 rings (SSSR count). The molecule has 1 N–H and O–H groups in total. The maximum Gasteiger partial charge on any atom is 0.203 e. The van der Waals surface area contributed by atoms with Gasteiger partial charge in [-0.2, -0.15) is 0 Å². The normalized spacial score (nSPS) is 20.8. The van der Waals surface area contributed by atoms with E-state index in [9.17, 15) is 13.5 Å². The molecule has 0 bridgehead atoms. The number of sulfone groups is 1. The van der Waals surface area contributed by atoms with Gasteiger partial charge >= 0.3 is 0 Å². The third-order valence-corrected chi connectivity index (χ3v) is 8.03. The summed E-state index contributed by atoms with van der Waals surface area (Å²) in [6.07, 6.45) is 0.138. The van der Waals surface area contributed by atoms with Gasteiger partial charge in [0, 0.05) is 6.26 Å². The Kier molecular flexibility index (Phi) is 4.28. The van der Waals surface area contributed by atoms with Crippen LogP contribution in [0.15, 0.2) is 0 Å². The quantitative estimate of drug-likeness (QED) is 0.584. The zero-order valence-electron chi connectivity index (χ0n) is 8.01. The summed E-state index contributed by atoms with van der Waals surface area (Å²) in [4.78, 5) is 0. The van der Waals surface area contributed by atoms with E-state index in [4.69, 9.17) is 0 Å². The van der Waals surface area contributed by atoms with Crippen LogP contribution in [0.4, 0.5) is 0 Å². The Morgan fingerprint density at radius 1 is 1.38 bits per heavy atom. The van der Waals surface area contributed by atoms with E-state index in [1.165, 1.54) is 0 Å². The van der Waals surface area contributed by atoms with Crippen LogP contribution in [0, 0.1) is 5.41 Å². The fraction of sp³-hybridized carbons (Fsp3) is 1.00. The van der Waals surface area contributed by atoms with Gasteiger partial charge < -0.3 is 5.11 Å². The second-order valence-corrected chi connectivity index (χ2v) is 12.0. The Labute approximate surface area is 101 Å². The summed E-state index contributed by atoms with van der Waals surface area (Å²) in [6, 6.07) is 0. The van der Waals surface area contributed by atoms with Crippen LogP contribution in [-0.2, 0) is 9.84 Å². The van der Waals surface area contributed by atoms with E-state index in [0.29, 0.717) is 0 Å². The van der Waals surface area contributed by atoms with Crippen molar-refractivity contribution in [3.05, 3.63) is 0 Å². The molecular weight excluding hydrogens is 371 g/mol. The van der Waals surface area contributed by atoms with Crippen LogP contribution in [0.2, 0.25) is 0 Å². The first-order chi connectivity index (χ1) is 5.40. The second-order valence-electron chi connectivity index (χ2n) is 4.10. The number of hydrogen-bond donors (Lipinski definition) is 1. The number of halogens is 2. The van der Waals surface area contributed by atoms with Crippen LogP contribution >= 0.6 is 38.5 Å². The molecule has 0 aromatic rings. The molecule has 3 nitrogen and oxygen atoms in total. The van der Waals surface area contributed by atoms with Gasteiger partial charge in [0.25, 0.3) is 0 Å². The topological polar surface area (TPSA) is 54.4 Å². The van der Waals surface area contributed by atoms with Crippen molar-refractivity contribution in [3.8, 4) is 0 Å². The smallest absolute Gasteiger partial charge is 0.203 e. The van der Waals surface area contributed by atoms with Crippen LogP contribution < -0.4 is 0 Å². The number of alkyl halides is 2. The molecular formula is C7H14BrIO3S. The molecule has 80 valence electrons. The summed E-state index contributed by atoms with van der Waals surface area (Å²) >= 11 is 4.76. The fourth-order valence-corrected chi connectivity index (χ4v) is 3.09. The predicted molar refractivity (Wildman–Crippen MR) is 66.0 cm³/mol. The first-order valence-electron chi connectivity index (χ1n) is 3.66. The highest BCUT2D eigenvalue weighted by atomic mass is 127. The van der Waals surface area contributed by atoms with E-state index in [1.807, 2.05) is 0 Å². The van der Waals surface area contributed by atoms with Gasteiger partial charge in [0.15, 0.2) is 9.84 Å². The SMILES string of the molecule is CC(C)(C)[C@@H](O)[C@@](Br)(I)S(C)(=O)=O. The van der Waals surface area contributed by atoms with Gasteiger partial charge in [-0.3, -0.25) is 0 Å². The minimum Gasteiger partial charge on any atom is -0.389 e.